The van der Waals surface area contributed by atoms with E-state index in [2.05, 4.69) is 14.8 Å². The molecule has 3 aliphatic rings. The number of hydrogen-bond donors (Lipinski definition) is 0. The molecule has 6 rings (SSSR count). The first-order valence-corrected chi connectivity index (χ1v) is 11.3. The smallest absolute Gasteiger partial charge is 0.260 e. The molecular formula is C24H24N6O3. The number of carbonyl (C=O) groups is 2. The van der Waals surface area contributed by atoms with E-state index in [1.165, 1.54) is 0 Å². The Hall–Kier alpha value is -3.59. The molecule has 1 aromatic carbocycles. The summed E-state index contributed by atoms with van der Waals surface area (Å²) >= 11 is 0. The fourth-order valence-corrected chi connectivity index (χ4v) is 4.67. The number of amides is 2. The topological polar surface area (TPSA) is 93.4 Å². The molecule has 2 fully saturated rings. The summed E-state index contributed by atoms with van der Waals surface area (Å²) in [7, 11) is 1.67. The number of methoxy groups -OCH3 is 1. The number of hydrogen-bond acceptors (Lipinski definition) is 6. The maximum absolute atomic E-state index is 13.1. The molecule has 0 radical (unpaired) electrons. The van der Waals surface area contributed by atoms with E-state index >= 15 is 0 Å². The number of aromatic nitrogens is 4. The first-order valence-electron chi connectivity index (χ1n) is 11.3. The summed E-state index contributed by atoms with van der Waals surface area (Å²) in [4.78, 5) is 34.3. The Morgan fingerprint density at radius 3 is 2.82 bits per heavy atom. The third-order valence-electron chi connectivity index (χ3n) is 6.68. The Kier molecular flexibility index (Phi) is 4.72. The molecule has 9 nitrogen and oxygen atoms in total. The standard InChI is InChI=1S/C24H24N6O3/c1-33-18-9-10-28(13-18)23(31)15-5-8-19-16(11-15)12-29(24(19)32)21-4-2-3-20(26-21)22-27-25-14-30(22)17-6-7-17/h2-5,8,11,14,17-18H,6-7,9-10,12-13H2,1H3/t18-/m1/s1. The Balaban J connectivity index is 1.25. The molecule has 2 amide bonds. The summed E-state index contributed by atoms with van der Waals surface area (Å²) in [5.74, 6) is 1.14. The predicted molar refractivity (Wildman–Crippen MR) is 120 cm³/mol. The van der Waals surface area contributed by atoms with E-state index in [0.717, 1.165) is 30.7 Å². The lowest BCUT2D eigenvalue weighted by atomic mass is 10.1. The SMILES string of the molecule is CO[C@@H]1CCN(C(=O)c2ccc3c(c2)CN(c2cccc(-c4nncn4C4CC4)n2)C3=O)C1. The molecule has 2 aliphatic heterocycles. The van der Waals surface area contributed by atoms with Crippen molar-refractivity contribution < 1.29 is 14.3 Å². The van der Waals surface area contributed by atoms with Crippen LogP contribution in [0.5, 0.6) is 0 Å². The molecule has 1 saturated heterocycles. The molecule has 0 N–H and O–H groups in total. The van der Waals surface area contributed by atoms with Gasteiger partial charge in [0.15, 0.2) is 5.82 Å². The van der Waals surface area contributed by atoms with Crippen LogP contribution >= 0.6 is 0 Å². The zero-order valence-corrected chi connectivity index (χ0v) is 18.3. The van der Waals surface area contributed by atoms with Crippen molar-refractivity contribution in [1.29, 1.82) is 0 Å². The summed E-state index contributed by atoms with van der Waals surface area (Å²) in [6, 6.07) is 11.4. The maximum atomic E-state index is 13.1. The van der Waals surface area contributed by atoms with Crippen molar-refractivity contribution in [3.8, 4) is 11.5 Å². The summed E-state index contributed by atoms with van der Waals surface area (Å²) in [6.07, 6.45) is 4.91. The van der Waals surface area contributed by atoms with Gasteiger partial charge in [-0.05, 0) is 55.2 Å². The minimum atomic E-state index is -0.113. The van der Waals surface area contributed by atoms with E-state index in [0.29, 0.717) is 48.3 Å². The second-order valence-corrected chi connectivity index (χ2v) is 8.83. The van der Waals surface area contributed by atoms with Crippen molar-refractivity contribution in [2.24, 2.45) is 0 Å². The van der Waals surface area contributed by atoms with Crippen molar-refractivity contribution in [1.82, 2.24) is 24.6 Å². The quantitative estimate of drug-likeness (QED) is 0.601. The van der Waals surface area contributed by atoms with Crippen molar-refractivity contribution in [2.75, 3.05) is 25.1 Å². The summed E-state index contributed by atoms with van der Waals surface area (Å²) in [5, 5.41) is 8.30. The molecule has 1 atom stereocenters. The molecule has 168 valence electrons. The lowest BCUT2D eigenvalue weighted by Crippen LogP contribution is -2.30. The van der Waals surface area contributed by atoms with Crippen LogP contribution in [0.1, 0.15) is 51.6 Å². The van der Waals surface area contributed by atoms with E-state index in [-0.39, 0.29) is 17.9 Å². The van der Waals surface area contributed by atoms with Crippen LogP contribution < -0.4 is 4.90 Å². The number of nitrogens with zero attached hydrogens (tertiary/aromatic N) is 6. The Morgan fingerprint density at radius 2 is 2.03 bits per heavy atom. The number of pyridine rings is 1. The van der Waals surface area contributed by atoms with E-state index in [9.17, 15) is 9.59 Å². The largest absolute Gasteiger partial charge is 0.380 e. The highest BCUT2D eigenvalue weighted by atomic mass is 16.5. The molecule has 0 unspecified atom stereocenters. The van der Waals surface area contributed by atoms with Gasteiger partial charge in [0.1, 0.15) is 17.8 Å². The number of benzene rings is 1. The zero-order chi connectivity index (χ0) is 22.5. The van der Waals surface area contributed by atoms with Gasteiger partial charge in [-0.3, -0.25) is 14.5 Å². The minimum Gasteiger partial charge on any atom is -0.380 e. The maximum Gasteiger partial charge on any atom is 0.260 e. The van der Waals surface area contributed by atoms with Crippen LogP contribution in [-0.2, 0) is 11.3 Å². The molecular weight excluding hydrogens is 420 g/mol. The van der Waals surface area contributed by atoms with Crippen LogP contribution in [0.2, 0.25) is 0 Å². The van der Waals surface area contributed by atoms with E-state index in [4.69, 9.17) is 9.72 Å². The summed E-state index contributed by atoms with van der Waals surface area (Å²) in [5.41, 5.74) is 2.73. The van der Waals surface area contributed by atoms with Gasteiger partial charge in [-0.25, -0.2) is 4.98 Å². The van der Waals surface area contributed by atoms with Crippen LogP contribution in [0.4, 0.5) is 5.82 Å². The van der Waals surface area contributed by atoms with Crippen molar-refractivity contribution in [3.05, 3.63) is 59.4 Å². The van der Waals surface area contributed by atoms with E-state index in [1.807, 2.05) is 29.2 Å². The lowest BCUT2D eigenvalue weighted by Gasteiger charge is -2.16. The zero-order valence-electron chi connectivity index (χ0n) is 18.3. The molecule has 9 heteroatoms. The van der Waals surface area contributed by atoms with Crippen LogP contribution in [0.25, 0.3) is 11.5 Å². The lowest BCUT2D eigenvalue weighted by molar-refractivity contribution is 0.0724. The van der Waals surface area contributed by atoms with Crippen LogP contribution in [0.3, 0.4) is 0 Å². The van der Waals surface area contributed by atoms with Crippen molar-refractivity contribution in [3.63, 3.8) is 0 Å². The third-order valence-corrected chi connectivity index (χ3v) is 6.68. The first kappa shape index (κ1) is 20.0. The van der Waals surface area contributed by atoms with Gasteiger partial charge in [0.25, 0.3) is 11.8 Å². The Labute approximate surface area is 191 Å². The first-order chi connectivity index (χ1) is 16.1. The predicted octanol–water partition coefficient (Wildman–Crippen LogP) is 2.70. The number of fused-ring (bicyclic) bond motifs is 1. The van der Waals surface area contributed by atoms with Crippen LogP contribution in [0, 0.1) is 0 Å². The van der Waals surface area contributed by atoms with Gasteiger partial charge >= 0.3 is 0 Å². The highest BCUT2D eigenvalue weighted by Crippen LogP contribution is 2.37. The van der Waals surface area contributed by atoms with Gasteiger partial charge in [-0.1, -0.05) is 6.07 Å². The highest BCUT2D eigenvalue weighted by Gasteiger charge is 2.33. The highest BCUT2D eigenvalue weighted by molar-refractivity contribution is 6.10. The number of carbonyl (C=O) groups excluding carboxylic acids is 2. The molecule has 0 spiro atoms. The second kappa shape index (κ2) is 7.77. The number of anilines is 1. The van der Waals surface area contributed by atoms with Gasteiger partial charge in [-0.2, -0.15) is 0 Å². The number of likely N-dealkylation sites (tertiary alicyclic amines) is 1. The Morgan fingerprint density at radius 1 is 1.15 bits per heavy atom. The monoisotopic (exact) mass is 444 g/mol. The van der Waals surface area contributed by atoms with Gasteiger partial charge in [0.05, 0.1) is 12.6 Å². The number of ether oxygens (including phenoxy) is 1. The average molecular weight is 444 g/mol. The average Bonchev–Trinajstić information content (AvgIpc) is 3.24. The molecule has 2 aromatic heterocycles. The fraction of sp³-hybridized carbons (Fsp3) is 0.375. The molecule has 1 aliphatic carbocycles. The van der Waals surface area contributed by atoms with Crippen molar-refractivity contribution in [2.45, 2.75) is 38.0 Å². The normalized spacial score (nSPS) is 19.9. The molecule has 4 heterocycles. The van der Waals surface area contributed by atoms with Crippen molar-refractivity contribution >= 4 is 17.6 Å². The summed E-state index contributed by atoms with van der Waals surface area (Å²) in [6.45, 7) is 1.66. The Bertz CT molecular complexity index is 1250. The van der Waals surface area contributed by atoms with E-state index in [1.54, 1.807) is 30.5 Å². The molecule has 0 bridgehead atoms. The molecule has 1 saturated carbocycles. The van der Waals surface area contributed by atoms with Crippen LogP contribution in [0.15, 0.2) is 42.7 Å². The third kappa shape index (κ3) is 3.48. The van der Waals surface area contributed by atoms with Gasteiger partial charge in [-0.15, -0.1) is 10.2 Å². The summed E-state index contributed by atoms with van der Waals surface area (Å²) < 4.78 is 7.43. The molecule has 33 heavy (non-hydrogen) atoms. The van der Waals surface area contributed by atoms with Gasteiger partial charge in [0.2, 0.25) is 0 Å². The van der Waals surface area contributed by atoms with Crippen LogP contribution in [-0.4, -0.2) is 62.8 Å². The minimum absolute atomic E-state index is 0.0252. The van der Waals surface area contributed by atoms with Gasteiger partial charge in [0, 0.05) is 37.4 Å². The second-order valence-electron chi connectivity index (χ2n) is 8.83. The number of rotatable bonds is 5. The van der Waals surface area contributed by atoms with E-state index < -0.39 is 0 Å². The molecule has 3 aromatic rings. The van der Waals surface area contributed by atoms with Gasteiger partial charge < -0.3 is 14.2 Å². The fourth-order valence-electron chi connectivity index (χ4n) is 4.67.